The summed E-state index contributed by atoms with van der Waals surface area (Å²) in [4.78, 5) is 31.0. The Hall–Kier alpha value is -3.29. The lowest BCUT2D eigenvalue weighted by Gasteiger charge is -2.34. The molecule has 0 saturated heterocycles. The molecule has 0 bridgehead atoms. The van der Waals surface area contributed by atoms with Gasteiger partial charge in [0.2, 0.25) is 5.91 Å². The van der Waals surface area contributed by atoms with Crippen molar-refractivity contribution >= 4 is 5.91 Å². The molecule has 3 heterocycles. The Labute approximate surface area is 168 Å². The van der Waals surface area contributed by atoms with Gasteiger partial charge in [-0.05, 0) is 38.8 Å². The molecule has 2 aromatic heterocycles. The van der Waals surface area contributed by atoms with Crippen LogP contribution in [0.3, 0.4) is 0 Å². The number of hydrogen-bond donors (Lipinski definition) is 0. The molecule has 4 rings (SSSR count). The van der Waals surface area contributed by atoms with Crippen LogP contribution in [0.2, 0.25) is 0 Å². The third kappa shape index (κ3) is 3.83. The number of carbonyl (C=O) groups is 1. The van der Waals surface area contributed by atoms with Gasteiger partial charge in [0.25, 0.3) is 0 Å². The molecular formula is C21H24N6O2. The molecule has 0 aliphatic carbocycles. The molecule has 150 valence electrons. The summed E-state index contributed by atoms with van der Waals surface area (Å²) in [6.45, 7) is 6.44. The van der Waals surface area contributed by atoms with Crippen molar-refractivity contribution in [3.63, 3.8) is 0 Å². The van der Waals surface area contributed by atoms with E-state index in [2.05, 4.69) is 31.9 Å². The summed E-state index contributed by atoms with van der Waals surface area (Å²) < 4.78 is 3.55. The molecule has 1 aliphatic heterocycles. The highest BCUT2D eigenvalue weighted by Gasteiger charge is 2.31. The first-order valence-electron chi connectivity index (χ1n) is 9.69. The van der Waals surface area contributed by atoms with Crippen molar-refractivity contribution in [2.75, 3.05) is 6.54 Å². The van der Waals surface area contributed by atoms with E-state index in [1.54, 1.807) is 11.8 Å². The molecule has 8 nitrogen and oxygen atoms in total. The van der Waals surface area contributed by atoms with E-state index in [1.807, 2.05) is 38.1 Å². The Kier molecular flexibility index (Phi) is 5.00. The molecule has 8 heteroatoms. The second-order valence-electron chi connectivity index (χ2n) is 7.56. The van der Waals surface area contributed by atoms with Crippen molar-refractivity contribution in [1.82, 2.24) is 29.2 Å². The zero-order chi connectivity index (χ0) is 20.5. The average Bonchev–Trinajstić information content (AvgIpc) is 3.06. The van der Waals surface area contributed by atoms with Gasteiger partial charge >= 0.3 is 5.69 Å². The summed E-state index contributed by atoms with van der Waals surface area (Å²) in [5, 5.41) is 8.49. The lowest BCUT2D eigenvalue weighted by Crippen LogP contribution is -2.44. The third-order valence-corrected chi connectivity index (χ3v) is 5.37. The van der Waals surface area contributed by atoms with Gasteiger partial charge in [-0.3, -0.25) is 9.36 Å². The SMILES string of the molecule is Cc1cc(C)n(CC(=O)N2Cc3nnc(C)n3[C@H](Cc3ccccc3)C2)c(=O)n1. The number of aryl methyl sites for hydroxylation is 3. The molecule has 3 aromatic rings. The van der Waals surface area contributed by atoms with Crippen molar-refractivity contribution < 1.29 is 4.79 Å². The standard InChI is InChI=1S/C21H24N6O2/c1-14-9-15(2)26(21(29)22-14)13-20(28)25-11-18(10-17-7-5-4-6-8-17)27-16(3)23-24-19(27)12-25/h4-9,18H,10-13H2,1-3H3/t18-/m1/s1. The smallest absolute Gasteiger partial charge is 0.332 e. The minimum Gasteiger partial charge on any atom is -0.332 e. The van der Waals surface area contributed by atoms with E-state index in [1.165, 1.54) is 10.1 Å². The molecule has 0 unspecified atom stereocenters. The topological polar surface area (TPSA) is 85.9 Å². The largest absolute Gasteiger partial charge is 0.348 e. The van der Waals surface area contributed by atoms with Crippen LogP contribution < -0.4 is 5.69 Å². The highest BCUT2D eigenvalue weighted by molar-refractivity contribution is 5.76. The van der Waals surface area contributed by atoms with E-state index in [4.69, 9.17) is 0 Å². The molecule has 1 aliphatic rings. The summed E-state index contributed by atoms with van der Waals surface area (Å²) in [7, 11) is 0. The van der Waals surface area contributed by atoms with Crippen molar-refractivity contribution in [3.05, 3.63) is 75.5 Å². The molecule has 0 spiro atoms. The predicted molar refractivity (Wildman–Crippen MR) is 107 cm³/mol. The maximum Gasteiger partial charge on any atom is 0.348 e. The van der Waals surface area contributed by atoms with Crippen LogP contribution in [0.25, 0.3) is 0 Å². The highest BCUT2D eigenvalue weighted by atomic mass is 16.2. The fraction of sp³-hybridized carbons (Fsp3) is 0.381. The Morgan fingerprint density at radius 2 is 1.90 bits per heavy atom. The summed E-state index contributed by atoms with van der Waals surface area (Å²) in [5.41, 5.74) is 2.18. The normalized spacial score (nSPS) is 16.0. The average molecular weight is 392 g/mol. The van der Waals surface area contributed by atoms with Crippen LogP contribution in [0.4, 0.5) is 0 Å². The minimum absolute atomic E-state index is 0.0247. The van der Waals surface area contributed by atoms with E-state index < -0.39 is 5.69 Å². The quantitative estimate of drug-likeness (QED) is 0.673. The van der Waals surface area contributed by atoms with E-state index in [0.29, 0.717) is 18.8 Å². The fourth-order valence-corrected chi connectivity index (χ4v) is 4.00. The second-order valence-corrected chi connectivity index (χ2v) is 7.56. The van der Waals surface area contributed by atoms with Crippen molar-refractivity contribution in [3.8, 4) is 0 Å². The van der Waals surface area contributed by atoms with Crippen LogP contribution >= 0.6 is 0 Å². The van der Waals surface area contributed by atoms with E-state index in [0.717, 1.165) is 23.8 Å². The second kappa shape index (κ2) is 7.62. The predicted octanol–water partition coefficient (Wildman–Crippen LogP) is 1.59. The zero-order valence-corrected chi connectivity index (χ0v) is 16.9. The molecule has 1 atom stereocenters. The van der Waals surface area contributed by atoms with Crippen LogP contribution in [0, 0.1) is 20.8 Å². The number of fused-ring (bicyclic) bond motifs is 1. The molecule has 29 heavy (non-hydrogen) atoms. The first kappa shape index (κ1) is 19.0. The van der Waals surface area contributed by atoms with E-state index in [9.17, 15) is 9.59 Å². The molecule has 0 N–H and O–H groups in total. The number of nitrogens with zero attached hydrogens (tertiary/aromatic N) is 6. The Balaban J connectivity index is 1.59. The summed E-state index contributed by atoms with van der Waals surface area (Å²) in [5.74, 6) is 1.50. The number of aromatic nitrogens is 5. The number of benzene rings is 1. The van der Waals surface area contributed by atoms with Crippen molar-refractivity contribution in [1.29, 1.82) is 0 Å². The first-order chi connectivity index (χ1) is 13.9. The van der Waals surface area contributed by atoms with E-state index in [-0.39, 0.29) is 18.5 Å². The van der Waals surface area contributed by atoms with Crippen LogP contribution in [0.5, 0.6) is 0 Å². The van der Waals surface area contributed by atoms with Gasteiger partial charge in [-0.1, -0.05) is 30.3 Å². The molecule has 0 radical (unpaired) electrons. The number of hydrogen-bond acceptors (Lipinski definition) is 5. The van der Waals surface area contributed by atoms with Gasteiger partial charge in [-0.15, -0.1) is 10.2 Å². The van der Waals surface area contributed by atoms with Crippen LogP contribution in [0.15, 0.2) is 41.2 Å². The number of amides is 1. The summed E-state index contributed by atoms with van der Waals surface area (Å²) in [6, 6.07) is 12.0. The van der Waals surface area contributed by atoms with Gasteiger partial charge in [-0.25, -0.2) is 4.79 Å². The maximum atomic E-state index is 13.1. The Morgan fingerprint density at radius 1 is 1.14 bits per heavy atom. The van der Waals surface area contributed by atoms with Crippen molar-refractivity contribution in [2.24, 2.45) is 0 Å². The lowest BCUT2D eigenvalue weighted by atomic mass is 10.0. The Bertz CT molecular complexity index is 1100. The number of rotatable bonds is 4. The highest BCUT2D eigenvalue weighted by Crippen LogP contribution is 2.25. The molecule has 0 saturated carbocycles. The van der Waals surface area contributed by atoms with Gasteiger partial charge in [0, 0.05) is 17.9 Å². The van der Waals surface area contributed by atoms with Crippen molar-refractivity contribution in [2.45, 2.75) is 46.3 Å². The molecular weight excluding hydrogens is 368 g/mol. The molecule has 1 amide bonds. The summed E-state index contributed by atoms with van der Waals surface area (Å²) in [6.07, 6.45) is 0.779. The van der Waals surface area contributed by atoms with Gasteiger partial charge in [-0.2, -0.15) is 4.98 Å². The van der Waals surface area contributed by atoms with Gasteiger partial charge < -0.3 is 9.47 Å². The van der Waals surface area contributed by atoms with E-state index >= 15 is 0 Å². The van der Waals surface area contributed by atoms with Crippen LogP contribution in [-0.4, -0.2) is 41.7 Å². The van der Waals surface area contributed by atoms with Gasteiger partial charge in [0.05, 0.1) is 12.6 Å². The van der Waals surface area contributed by atoms with Crippen LogP contribution in [0.1, 0.15) is 34.6 Å². The van der Waals surface area contributed by atoms with Crippen LogP contribution in [-0.2, 0) is 24.3 Å². The first-order valence-corrected chi connectivity index (χ1v) is 9.69. The summed E-state index contributed by atoms with van der Waals surface area (Å²) >= 11 is 0. The number of carbonyl (C=O) groups excluding carboxylic acids is 1. The van der Waals surface area contributed by atoms with Gasteiger partial charge in [0.15, 0.2) is 5.82 Å². The third-order valence-electron chi connectivity index (χ3n) is 5.37. The fourth-order valence-electron chi connectivity index (χ4n) is 4.00. The Morgan fingerprint density at radius 3 is 2.62 bits per heavy atom. The maximum absolute atomic E-state index is 13.1. The zero-order valence-electron chi connectivity index (χ0n) is 16.9. The van der Waals surface area contributed by atoms with Gasteiger partial charge in [0.1, 0.15) is 12.4 Å². The lowest BCUT2D eigenvalue weighted by molar-refractivity contribution is -0.134. The molecule has 1 aromatic carbocycles. The molecule has 0 fully saturated rings. The minimum atomic E-state index is -0.396. The monoisotopic (exact) mass is 392 g/mol.